The van der Waals surface area contributed by atoms with E-state index in [0.717, 1.165) is 12.2 Å². The Morgan fingerprint density at radius 3 is 2.09 bits per heavy atom. The third kappa shape index (κ3) is 10.9. The number of rotatable bonds is 5. The van der Waals surface area contributed by atoms with Gasteiger partial charge < -0.3 is 25.3 Å². The summed E-state index contributed by atoms with van der Waals surface area (Å²) in [4.78, 5) is 52.8. The Balaban J connectivity index is 0.000000440. The highest BCUT2D eigenvalue weighted by Gasteiger charge is 2.39. The second-order valence-corrected chi connectivity index (χ2v) is 9.76. The average Bonchev–Trinajstić information content (AvgIpc) is 3.40. The van der Waals surface area contributed by atoms with Crippen molar-refractivity contribution in [1.82, 2.24) is 39.6 Å². The molecular formula is C26H30F6N8O6. The molecule has 0 bridgehead atoms. The lowest BCUT2D eigenvalue weighted by Crippen LogP contribution is -2.52. The first-order chi connectivity index (χ1) is 21.3. The van der Waals surface area contributed by atoms with Crippen molar-refractivity contribution in [1.29, 1.82) is 0 Å². The van der Waals surface area contributed by atoms with E-state index in [1.807, 2.05) is 34.5 Å². The maximum absolute atomic E-state index is 12.7. The highest BCUT2D eigenvalue weighted by atomic mass is 19.4. The fourth-order valence-electron chi connectivity index (χ4n) is 3.83. The molecule has 3 N–H and O–H groups in total. The van der Waals surface area contributed by atoms with E-state index in [0.29, 0.717) is 43.1 Å². The maximum Gasteiger partial charge on any atom is 0.490 e. The average molecular weight is 665 g/mol. The van der Waals surface area contributed by atoms with E-state index in [-0.39, 0.29) is 18.0 Å². The van der Waals surface area contributed by atoms with Gasteiger partial charge in [0, 0.05) is 64.8 Å². The van der Waals surface area contributed by atoms with Gasteiger partial charge in [-0.25, -0.2) is 14.4 Å². The minimum Gasteiger partial charge on any atom is -0.475 e. The van der Waals surface area contributed by atoms with Crippen molar-refractivity contribution < 1.29 is 55.7 Å². The van der Waals surface area contributed by atoms with Gasteiger partial charge in [-0.05, 0) is 31.3 Å². The molecule has 3 amide bonds. The molecule has 252 valence electrons. The zero-order valence-electron chi connectivity index (χ0n) is 24.6. The Hall–Kier alpha value is -5.01. The predicted octanol–water partition coefficient (Wildman–Crippen LogP) is 2.33. The summed E-state index contributed by atoms with van der Waals surface area (Å²) in [6.45, 7) is 2.39. The van der Waals surface area contributed by atoms with Crippen LogP contribution >= 0.6 is 0 Å². The van der Waals surface area contributed by atoms with Gasteiger partial charge in [0.05, 0.1) is 11.6 Å². The smallest absolute Gasteiger partial charge is 0.475 e. The van der Waals surface area contributed by atoms with Crippen molar-refractivity contribution in [3.8, 4) is 0 Å². The highest BCUT2D eigenvalue weighted by Crippen LogP contribution is 2.24. The van der Waals surface area contributed by atoms with Crippen LogP contribution in [-0.4, -0.2) is 128 Å². The van der Waals surface area contributed by atoms with Crippen LogP contribution in [0.15, 0.2) is 42.7 Å². The first-order valence-corrected chi connectivity index (χ1v) is 13.1. The zero-order valence-corrected chi connectivity index (χ0v) is 24.6. The third-order valence-electron chi connectivity index (χ3n) is 6.17. The number of nitrogens with zero attached hydrogens (tertiary/aromatic N) is 7. The van der Waals surface area contributed by atoms with Crippen LogP contribution in [0.4, 0.5) is 31.1 Å². The number of carbonyl (C=O) groups is 4. The molecule has 1 aliphatic rings. The molecule has 0 radical (unpaired) electrons. The number of nitrogens with one attached hydrogen (secondary N) is 1. The van der Waals surface area contributed by atoms with Gasteiger partial charge in [0.2, 0.25) is 0 Å². The van der Waals surface area contributed by atoms with Crippen molar-refractivity contribution in [3.05, 3.63) is 59.8 Å². The molecule has 14 nitrogen and oxygen atoms in total. The lowest BCUT2D eigenvalue weighted by Gasteiger charge is -2.39. The van der Waals surface area contributed by atoms with Gasteiger partial charge in [0.1, 0.15) is 0 Å². The number of alkyl halides is 6. The summed E-state index contributed by atoms with van der Waals surface area (Å²) >= 11 is 0. The number of aromatic nitrogens is 4. The molecule has 1 atom stereocenters. The Kier molecular flexibility index (Phi) is 12.8. The number of urea groups is 1. The molecule has 1 aliphatic heterocycles. The molecule has 1 saturated heterocycles. The normalized spacial score (nSPS) is 15.2. The van der Waals surface area contributed by atoms with Crippen LogP contribution in [0.2, 0.25) is 0 Å². The number of carboxylic acid groups (broad SMARTS) is 2. The predicted molar refractivity (Wildman–Crippen MR) is 147 cm³/mol. The fourth-order valence-corrected chi connectivity index (χ4v) is 3.83. The molecular weight excluding hydrogens is 634 g/mol. The summed E-state index contributed by atoms with van der Waals surface area (Å²) in [6.07, 6.45) is -6.00. The number of hydrogen-bond acceptors (Lipinski definition) is 8. The van der Waals surface area contributed by atoms with Crippen molar-refractivity contribution in [2.75, 3.05) is 47.3 Å². The lowest BCUT2D eigenvalue weighted by atomic mass is 10.1. The molecule has 20 heteroatoms. The summed E-state index contributed by atoms with van der Waals surface area (Å²) in [7, 11) is 5.51. The van der Waals surface area contributed by atoms with E-state index in [4.69, 9.17) is 19.8 Å². The molecule has 46 heavy (non-hydrogen) atoms. The fraction of sp³-hybridized carbons (Fsp3) is 0.423. The van der Waals surface area contributed by atoms with Crippen LogP contribution in [0.5, 0.6) is 0 Å². The van der Waals surface area contributed by atoms with Crippen molar-refractivity contribution in [2.45, 2.75) is 24.8 Å². The molecule has 1 fully saturated rings. The Morgan fingerprint density at radius 1 is 0.957 bits per heavy atom. The van der Waals surface area contributed by atoms with E-state index in [1.54, 1.807) is 43.5 Å². The molecule has 3 aromatic heterocycles. The summed E-state index contributed by atoms with van der Waals surface area (Å²) in [5.74, 6) is -4.97. The number of amides is 3. The Morgan fingerprint density at radius 2 is 1.57 bits per heavy atom. The zero-order chi connectivity index (χ0) is 34.8. The Bertz CT molecular complexity index is 1480. The van der Waals surface area contributed by atoms with Crippen molar-refractivity contribution >= 4 is 29.5 Å². The number of piperazine rings is 1. The van der Waals surface area contributed by atoms with E-state index in [9.17, 15) is 35.9 Å². The minimum atomic E-state index is -5.08. The van der Waals surface area contributed by atoms with Crippen LogP contribution in [0.25, 0.3) is 5.65 Å². The second-order valence-electron chi connectivity index (χ2n) is 9.76. The summed E-state index contributed by atoms with van der Waals surface area (Å²) in [5.41, 5.74) is 2.12. The minimum absolute atomic E-state index is 0.0232. The van der Waals surface area contributed by atoms with Crippen LogP contribution in [0.1, 0.15) is 27.9 Å². The molecule has 0 saturated carbocycles. The number of fused-ring (bicyclic) bond motifs is 1. The number of hydrogen-bond donors (Lipinski definition) is 3. The van der Waals surface area contributed by atoms with Gasteiger partial charge in [-0.15, -0.1) is 10.2 Å². The second kappa shape index (κ2) is 15.8. The van der Waals surface area contributed by atoms with E-state index < -0.39 is 24.3 Å². The quantitative estimate of drug-likeness (QED) is 0.344. The van der Waals surface area contributed by atoms with Gasteiger partial charge in [-0.2, -0.15) is 26.3 Å². The number of likely N-dealkylation sites (N-methyl/N-ethyl adjacent to an activating group) is 1. The van der Waals surface area contributed by atoms with E-state index in [1.165, 1.54) is 0 Å². The first kappa shape index (κ1) is 37.2. The molecule has 4 rings (SSSR count). The van der Waals surface area contributed by atoms with Gasteiger partial charge in [0.15, 0.2) is 11.5 Å². The monoisotopic (exact) mass is 664 g/mol. The van der Waals surface area contributed by atoms with Crippen LogP contribution in [-0.2, 0) is 16.0 Å². The molecule has 4 heterocycles. The van der Waals surface area contributed by atoms with Crippen molar-refractivity contribution in [2.24, 2.45) is 0 Å². The summed E-state index contributed by atoms with van der Waals surface area (Å²) in [5, 5.41) is 25.9. The van der Waals surface area contributed by atoms with Crippen LogP contribution in [0, 0.1) is 0 Å². The van der Waals surface area contributed by atoms with Gasteiger partial charge >= 0.3 is 30.3 Å². The number of pyridine rings is 2. The van der Waals surface area contributed by atoms with E-state index in [2.05, 4.69) is 25.4 Å². The van der Waals surface area contributed by atoms with Gasteiger partial charge in [-0.3, -0.25) is 19.1 Å². The molecule has 0 aliphatic carbocycles. The topological polar surface area (TPSA) is 174 Å². The lowest BCUT2D eigenvalue weighted by molar-refractivity contribution is -0.193. The molecule has 3 aromatic rings. The van der Waals surface area contributed by atoms with Crippen molar-refractivity contribution in [3.63, 3.8) is 0 Å². The summed E-state index contributed by atoms with van der Waals surface area (Å²) in [6, 6.07) is 9.13. The number of halogens is 6. The highest BCUT2D eigenvalue weighted by molar-refractivity contribution is 5.94. The van der Waals surface area contributed by atoms with Gasteiger partial charge in [0.25, 0.3) is 5.91 Å². The standard InChI is InChI=1S/C22H28N8O2.2C2HF3O2/c1-27(2)22(32)29-13-12-28(3)18(15-29)20-26-25-19-8-7-16(14-30(19)20)21(31)24-11-9-17-6-4-5-10-23-17;2*3-2(4,5)1(6)7/h4-8,10,14,18H,9,11-13,15H2,1-3H3,(H,24,31);2*(H,6,7). The third-order valence-corrected chi connectivity index (χ3v) is 6.17. The first-order valence-electron chi connectivity index (χ1n) is 13.1. The van der Waals surface area contributed by atoms with Gasteiger partial charge in [-0.1, -0.05) is 6.07 Å². The summed E-state index contributed by atoms with van der Waals surface area (Å²) < 4.78 is 65.3. The molecule has 1 unspecified atom stereocenters. The van der Waals surface area contributed by atoms with Crippen LogP contribution in [0.3, 0.4) is 0 Å². The van der Waals surface area contributed by atoms with Crippen LogP contribution < -0.4 is 5.32 Å². The number of aliphatic carboxylic acids is 2. The number of carbonyl (C=O) groups excluding carboxylic acids is 2. The molecule has 0 aromatic carbocycles. The SMILES string of the molecule is CN(C)C(=O)N1CCN(C)C(c2nnc3ccc(C(=O)NCCc4ccccn4)cn23)C1.O=C(O)C(F)(F)F.O=C(O)C(F)(F)F. The largest absolute Gasteiger partial charge is 0.490 e. The maximum atomic E-state index is 12.7. The Labute approximate surface area is 257 Å². The molecule has 0 spiro atoms. The number of carboxylic acids is 2. The van der Waals surface area contributed by atoms with E-state index >= 15 is 0 Å².